The summed E-state index contributed by atoms with van der Waals surface area (Å²) in [5, 5.41) is 35.4. The molecule has 31 heavy (non-hydrogen) atoms. The summed E-state index contributed by atoms with van der Waals surface area (Å²) >= 11 is 2.08. The van der Waals surface area contributed by atoms with Crippen molar-refractivity contribution in [3.05, 3.63) is 23.7 Å². The number of carbonyl (C=O) groups is 4. The Morgan fingerprint density at radius 2 is 2.19 bits per heavy atom. The van der Waals surface area contributed by atoms with Crippen LogP contribution in [0.2, 0.25) is 0 Å². The van der Waals surface area contributed by atoms with Gasteiger partial charge in [0.05, 0.1) is 0 Å². The predicted molar refractivity (Wildman–Crippen MR) is 108 cm³/mol. The van der Waals surface area contributed by atoms with E-state index in [4.69, 9.17) is 10.8 Å². The van der Waals surface area contributed by atoms with Crippen molar-refractivity contribution in [1.82, 2.24) is 15.2 Å². The molecule has 15 heteroatoms. The second-order valence-corrected chi connectivity index (χ2v) is 8.51. The van der Waals surface area contributed by atoms with Crippen LogP contribution in [0.15, 0.2) is 23.2 Å². The number of nitrogens with zero attached hydrogens (tertiary/aromatic N) is 3. The first-order valence-corrected chi connectivity index (χ1v) is 10.5. The second kappa shape index (κ2) is 8.52. The van der Waals surface area contributed by atoms with Crippen LogP contribution in [-0.2, 0) is 24.0 Å². The van der Waals surface area contributed by atoms with Crippen LogP contribution in [0, 0.1) is 0 Å². The highest BCUT2D eigenvalue weighted by Gasteiger charge is 2.62. The minimum absolute atomic E-state index is 0.00904. The van der Waals surface area contributed by atoms with E-state index in [1.54, 1.807) is 0 Å². The van der Waals surface area contributed by atoms with Gasteiger partial charge in [0, 0.05) is 11.1 Å². The van der Waals surface area contributed by atoms with E-state index < -0.39 is 59.1 Å². The fourth-order valence-electron chi connectivity index (χ4n) is 3.07. The second-order valence-electron chi connectivity index (χ2n) is 6.51. The number of aliphatic hydroxyl groups is 1. The van der Waals surface area contributed by atoms with Crippen LogP contribution in [0.1, 0.15) is 5.69 Å². The van der Waals surface area contributed by atoms with Gasteiger partial charge in [0.2, 0.25) is 12.5 Å². The molecule has 3 heterocycles. The van der Waals surface area contributed by atoms with Gasteiger partial charge >= 0.3 is 11.9 Å². The predicted octanol–water partition coefficient (Wildman–Crippen LogP) is -1.70. The van der Waals surface area contributed by atoms with Crippen molar-refractivity contribution < 1.29 is 39.3 Å². The summed E-state index contributed by atoms with van der Waals surface area (Å²) < 4.78 is 0. The lowest BCUT2D eigenvalue weighted by molar-refractivity contribution is -0.172. The van der Waals surface area contributed by atoms with Gasteiger partial charge in [0.1, 0.15) is 22.7 Å². The first-order valence-electron chi connectivity index (χ1n) is 8.55. The standard InChI is InChI=1S/C16H17N5O8S2/c1-2-16(28)5-31-13-9(12(25)21(13)10(16)14(26)27)19-11(24)8(20-29-3-7(22)23)6-4-30-15(17)18-6/h2,4,9-10,13,28H,1,3,5H2,(H2,17,18)(H,19,24)(H,22,23)(H,26,27)/b20-8-/t9-,10?,13-,16?/m1/s1. The van der Waals surface area contributed by atoms with Crippen LogP contribution in [0.5, 0.6) is 0 Å². The Bertz CT molecular complexity index is 981. The zero-order chi connectivity index (χ0) is 22.9. The van der Waals surface area contributed by atoms with Crippen LogP contribution in [0.3, 0.4) is 0 Å². The molecule has 2 aliphatic heterocycles. The molecule has 2 fully saturated rings. The van der Waals surface area contributed by atoms with Crippen molar-refractivity contribution in [2.45, 2.75) is 23.1 Å². The van der Waals surface area contributed by atoms with Gasteiger partial charge in [-0.15, -0.1) is 29.7 Å². The Morgan fingerprint density at radius 3 is 2.74 bits per heavy atom. The molecule has 1 aromatic heterocycles. The molecule has 0 bridgehead atoms. The molecule has 0 saturated carbocycles. The maximum Gasteiger partial charge on any atom is 0.344 e. The van der Waals surface area contributed by atoms with Crippen molar-refractivity contribution >= 4 is 57.7 Å². The molecule has 1 aromatic rings. The number of nitrogen functional groups attached to an aromatic ring is 1. The molecule has 2 unspecified atom stereocenters. The fourth-order valence-corrected chi connectivity index (χ4v) is 5.10. The lowest BCUT2D eigenvalue weighted by Crippen LogP contribution is -2.79. The highest BCUT2D eigenvalue weighted by atomic mass is 32.2. The van der Waals surface area contributed by atoms with Gasteiger partial charge < -0.3 is 36.1 Å². The molecule has 166 valence electrons. The van der Waals surface area contributed by atoms with Gasteiger partial charge in [-0.3, -0.25) is 9.59 Å². The number of β-lactam (4-membered cyclic amide) rings is 1. The topological polar surface area (TPSA) is 205 Å². The van der Waals surface area contributed by atoms with Crippen LogP contribution in [0.4, 0.5) is 5.13 Å². The molecule has 2 aliphatic rings. The van der Waals surface area contributed by atoms with Crippen LogP contribution in [0.25, 0.3) is 0 Å². The Hall–Kier alpha value is -3.17. The van der Waals surface area contributed by atoms with Crippen LogP contribution < -0.4 is 11.1 Å². The van der Waals surface area contributed by atoms with Gasteiger partial charge in [-0.05, 0) is 0 Å². The largest absolute Gasteiger partial charge is 0.480 e. The summed E-state index contributed by atoms with van der Waals surface area (Å²) in [5.74, 6) is -4.40. The van der Waals surface area contributed by atoms with Crippen molar-refractivity contribution in [2.24, 2.45) is 5.16 Å². The maximum atomic E-state index is 12.7. The molecule has 0 aromatic carbocycles. The van der Waals surface area contributed by atoms with Crippen molar-refractivity contribution in [3.8, 4) is 0 Å². The smallest absolute Gasteiger partial charge is 0.344 e. The summed E-state index contributed by atoms with van der Waals surface area (Å²) in [5.41, 5.74) is 3.34. The van der Waals surface area contributed by atoms with E-state index >= 15 is 0 Å². The van der Waals surface area contributed by atoms with Gasteiger partial charge in [0.15, 0.2) is 16.9 Å². The number of carboxylic acid groups (broad SMARTS) is 2. The molecule has 4 atom stereocenters. The molecule has 0 spiro atoms. The molecule has 0 aliphatic carbocycles. The number of fused-ring (bicyclic) bond motifs is 1. The zero-order valence-corrected chi connectivity index (χ0v) is 17.3. The number of aromatic nitrogens is 1. The minimum Gasteiger partial charge on any atom is -0.480 e. The lowest BCUT2D eigenvalue weighted by Gasteiger charge is -2.56. The number of carbonyl (C=O) groups excluding carboxylic acids is 2. The number of oxime groups is 1. The molecule has 0 radical (unpaired) electrons. The minimum atomic E-state index is -1.83. The molecule has 13 nitrogen and oxygen atoms in total. The summed E-state index contributed by atoms with van der Waals surface area (Å²) in [6.07, 6.45) is 1.07. The van der Waals surface area contributed by atoms with Crippen molar-refractivity contribution in [1.29, 1.82) is 0 Å². The third-order valence-electron chi connectivity index (χ3n) is 4.51. The normalized spacial score (nSPS) is 27.6. The maximum absolute atomic E-state index is 12.7. The van der Waals surface area contributed by atoms with E-state index in [2.05, 4.69) is 26.9 Å². The number of thioether (sulfide) groups is 1. The Balaban J connectivity index is 1.79. The zero-order valence-electron chi connectivity index (χ0n) is 15.6. The van der Waals surface area contributed by atoms with E-state index in [9.17, 15) is 29.4 Å². The quantitative estimate of drug-likeness (QED) is 0.125. The first kappa shape index (κ1) is 22.5. The highest BCUT2D eigenvalue weighted by molar-refractivity contribution is 8.00. The number of rotatable bonds is 8. The monoisotopic (exact) mass is 471 g/mol. The Labute approximate surface area is 182 Å². The number of nitrogens with two attached hydrogens (primary N) is 1. The SMILES string of the molecule is C=CC1(O)CS[C@@H]2[C@H](NC(=O)/C(=N\OCC(=O)O)c3csc(N)n3)C(=O)N2C1C(=O)O. The number of amides is 2. The average Bonchev–Trinajstić information content (AvgIpc) is 3.14. The molecule has 2 amide bonds. The number of hydrogen-bond acceptors (Lipinski definition) is 11. The highest BCUT2D eigenvalue weighted by Crippen LogP contribution is 2.42. The van der Waals surface area contributed by atoms with Crippen LogP contribution >= 0.6 is 23.1 Å². The summed E-state index contributed by atoms with van der Waals surface area (Å²) in [6.45, 7) is 2.63. The molecule has 2 saturated heterocycles. The number of nitrogens with one attached hydrogen (secondary N) is 1. The van der Waals surface area contributed by atoms with E-state index in [1.165, 1.54) is 5.38 Å². The summed E-state index contributed by atoms with van der Waals surface area (Å²) in [4.78, 5) is 57.2. The van der Waals surface area contributed by atoms with Crippen molar-refractivity contribution in [2.75, 3.05) is 18.1 Å². The van der Waals surface area contributed by atoms with Gasteiger partial charge in [-0.25, -0.2) is 14.6 Å². The number of thiazole rings is 1. The van der Waals surface area contributed by atoms with E-state index in [1.807, 2.05) is 0 Å². The van der Waals surface area contributed by atoms with Gasteiger partial charge in [-0.1, -0.05) is 11.2 Å². The molecular formula is C16H17N5O8S2. The summed E-state index contributed by atoms with van der Waals surface area (Å²) in [7, 11) is 0. The first-order chi connectivity index (χ1) is 14.6. The molecule has 6 N–H and O–H groups in total. The average molecular weight is 471 g/mol. The number of hydrogen-bond donors (Lipinski definition) is 5. The van der Waals surface area contributed by atoms with Crippen LogP contribution in [-0.4, -0.2) is 90.1 Å². The van der Waals surface area contributed by atoms with Crippen molar-refractivity contribution in [3.63, 3.8) is 0 Å². The third kappa shape index (κ3) is 4.19. The number of anilines is 1. The van der Waals surface area contributed by atoms with E-state index in [0.29, 0.717) is 0 Å². The van der Waals surface area contributed by atoms with Gasteiger partial charge in [-0.2, -0.15) is 0 Å². The van der Waals surface area contributed by atoms with E-state index in [-0.39, 0.29) is 16.6 Å². The van der Waals surface area contributed by atoms with E-state index in [0.717, 1.165) is 34.1 Å². The lowest BCUT2D eigenvalue weighted by atomic mass is 9.89. The summed E-state index contributed by atoms with van der Waals surface area (Å²) in [6, 6.07) is -2.66. The Morgan fingerprint density at radius 1 is 1.48 bits per heavy atom. The molecular weight excluding hydrogens is 454 g/mol. The molecule has 3 rings (SSSR count). The number of aliphatic carboxylic acids is 2. The third-order valence-corrected chi connectivity index (χ3v) is 6.66. The Kier molecular flexibility index (Phi) is 6.19. The number of carboxylic acids is 2. The fraction of sp³-hybridized carbons (Fsp3) is 0.375. The van der Waals surface area contributed by atoms with Gasteiger partial charge in [0.25, 0.3) is 5.91 Å².